The smallest absolute Gasteiger partial charge is 0.182 e. The number of nitrogens with zero attached hydrogens (tertiary/aromatic N) is 2. The highest BCUT2D eigenvalue weighted by atomic mass is 16.5. The number of hydrogen-bond donors (Lipinski definition) is 1. The van der Waals surface area contributed by atoms with Crippen molar-refractivity contribution in [2.45, 2.75) is 59.4 Å². The lowest BCUT2D eigenvalue weighted by atomic mass is 9.84. The predicted octanol–water partition coefficient (Wildman–Crippen LogP) is 5.39. The molecular formula is C31H43N3O5. The molecule has 2 aromatic carbocycles. The summed E-state index contributed by atoms with van der Waals surface area (Å²) in [7, 11) is 1.69. The average molecular weight is 538 g/mol. The van der Waals surface area contributed by atoms with E-state index in [1.165, 1.54) is 0 Å². The Balaban J connectivity index is 1.72. The zero-order chi connectivity index (χ0) is 28.5. The van der Waals surface area contributed by atoms with Gasteiger partial charge in [0.2, 0.25) is 0 Å². The number of fused-ring (bicyclic) bond motifs is 1. The molecular weight excluding hydrogens is 494 g/mol. The van der Waals surface area contributed by atoms with E-state index in [9.17, 15) is 4.79 Å². The molecule has 39 heavy (non-hydrogen) atoms. The maximum atomic E-state index is 14.0. The second-order valence-electron chi connectivity index (χ2n) is 11.6. The zero-order valence-corrected chi connectivity index (χ0v) is 24.7. The first-order chi connectivity index (χ1) is 18.4. The van der Waals surface area contributed by atoms with E-state index in [1.807, 2.05) is 56.9 Å². The molecule has 0 aliphatic carbocycles. The summed E-state index contributed by atoms with van der Waals surface area (Å²) in [6.07, 6.45) is 0. The van der Waals surface area contributed by atoms with Crippen LogP contribution in [0.25, 0.3) is 0 Å². The number of hydrogen-bond acceptors (Lipinski definition) is 7. The number of ether oxygens (including phenoxy) is 4. The van der Waals surface area contributed by atoms with Crippen LogP contribution in [0.15, 0.2) is 24.3 Å². The number of rotatable bonds is 9. The highest BCUT2D eigenvalue weighted by molar-refractivity contribution is 6.07. The van der Waals surface area contributed by atoms with Crippen LogP contribution in [0.1, 0.15) is 75.5 Å². The fourth-order valence-electron chi connectivity index (χ4n) is 5.47. The molecule has 0 saturated carbocycles. The molecule has 4 rings (SSSR count). The lowest BCUT2D eigenvalue weighted by Crippen LogP contribution is -2.42. The SMILES string of the molecule is CCOc1cc2c(cc1OCC)C(C)(C)N(CC(=O)c1cc(N3CCOCC3)c(OC)c(C(C)(C)C)c1)C2=N. The summed E-state index contributed by atoms with van der Waals surface area (Å²) in [5.41, 5.74) is 3.42. The molecule has 2 aliphatic rings. The number of Topliss-reactive ketones (excluding diaryl/α,β-unsaturated/α-hetero) is 1. The minimum absolute atomic E-state index is 0.0432. The van der Waals surface area contributed by atoms with Crippen LogP contribution in [0.5, 0.6) is 17.2 Å². The number of carbonyl (C=O) groups is 1. The normalized spacial score (nSPS) is 16.8. The molecule has 8 nitrogen and oxygen atoms in total. The molecule has 1 saturated heterocycles. The first-order valence-corrected chi connectivity index (χ1v) is 13.8. The predicted molar refractivity (Wildman–Crippen MR) is 154 cm³/mol. The van der Waals surface area contributed by atoms with E-state index in [0.29, 0.717) is 49.3 Å². The number of anilines is 1. The Morgan fingerprint density at radius 1 is 1.03 bits per heavy atom. The van der Waals surface area contributed by atoms with Gasteiger partial charge in [-0.3, -0.25) is 10.2 Å². The third-order valence-corrected chi connectivity index (χ3v) is 7.60. The van der Waals surface area contributed by atoms with Gasteiger partial charge in [-0.2, -0.15) is 0 Å². The Hall–Kier alpha value is -3.26. The first-order valence-electron chi connectivity index (χ1n) is 13.8. The lowest BCUT2D eigenvalue weighted by Gasteiger charge is -2.35. The molecule has 0 amide bonds. The van der Waals surface area contributed by atoms with Crippen LogP contribution in [0.2, 0.25) is 0 Å². The van der Waals surface area contributed by atoms with Gasteiger partial charge < -0.3 is 28.7 Å². The second kappa shape index (κ2) is 11.1. The van der Waals surface area contributed by atoms with Crippen molar-refractivity contribution in [2.24, 2.45) is 0 Å². The Kier molecular flexibility index (Phi) is 8.17. The third kappa shape index (κ3) is 5.44. The summed E-state index contributed by atoms with van der Waals surface area (Å²) in [4.78, 5) is 18.1. The van der Waals surface area contributed by atoms with Crippen LogP contribution < -0.4 is 19.1 Å². The van der Waals surface area contributed by atoms with Crippen LogP contribution in [0.3, 0.4) is 0 Å². The molecule has 2 heterocycles. The number of carbonyl (C=O) groups excluding carboxylic acids is 1. The maximum absolute atomic E-state index is 14.0. The summed E-state index contributed by atoms with van der Waals surface area (Å²) >= 11 is 0. The van der Waals surface area contributed by atoms with Gasteiger partial charge in [-0.25, -0.2) is 0 Å². The molecule has 2 aromatic rings. The third-order valence-electron chi connectivity index (χ3n) is 7.60. The van der Waals surface area contributed by atoms with E-state index >= 15 is 0 Å². The summed E-state index contributed by atoms with van der Waals surface area (Å²) in [5, 5.41) is 9.04. The van der Waals surface area contributed by atoms with Crippen LogP contribution in [-0.2, 0) is 15.7 Å². The van der Waals surface area contributed by atoms with Gasteiger partial charge in [0.05, 0.1) is 51.3 Å². The van der Waals surface area contributed by atoms with Crippen molar-refractivity contribution in [2.75, 3.05) is 58.1 Å². The summed E-state index contributed by atoms with van der Waals surface area (Å²) in [6, 6.07) is 7.75. The van der Waals surface area contributed by atoms with Gasteiger partial charge in [-0.15, -0.1) is 0 Å². The molecule has 1 N–H and O–H groups in total. The van der Waals surface area contributed by atoms with E-state index < -0.39 is 5.54 Å². The summed E-state index contributed by atoms with van der Waals surface area (Å²) in [6.45, 7) is 18.2. The molecule has 0 bridgehead atoms. The van der Waals surface area contributed by atoms with Gasteiger partial charge in [-0.1, -0.05) is 20.8 Å². The average Bonchev–Trinajstić information content (AvgIpc) is 3.08. The monoisotopic (exact) mass is 537 g/mol. The van der Waals surface area contributed by atoms with Crippen LogP contribution in [-0.4, -0.2) is 69.7 Å². The Bertz CT molecular complexity index is 1240. The van der Waals surface area contributed by atoms with E-state index in [4.69, 9.17) is 24.4 Å². The van der Waals surface area contributed by atoms with Gasteiger partial charge in [0.25, 0.3) is 0 Å². The van der Waals surface area contributed by atoms with Gasteiger partial charge in [-0.05, 0) is 62.9 Å². The van der Waals surface area contributed by atoms with Crippen LogP contribution in [0.4, 0.5) is 5.69 Å². The number of methoxy groups -OCH3 is 1. The molecule has 0 unspecified atom stereocenters. The molecule has 8 heteroatoms. The Morgan fingerprint density at radius 3 is 2.21 bits per heavy atom. The molecule has 212 valence electrons. The molecule has 0 aromatic heterocycles. The Labute approximate surface area is 232 Å². The number of nitrogens with one attached hydrogen (secondary N) is 1. The number of ketones is 1. The quantitative estimate of drug-likeness (QED) is 0.430. The van der Waals surface area contributed by atoms with Crippen molar-refractivity contribution in [3.8, 4) is 17.2 Å². The Morgan fingerprint density at radius 2 is 1.64 bits per heavy atom. The number of benzene rings is 2. The molecule has 0 atom stereocenters. The first kappa shape index (κ1) is 28.7. The van der Waals surface area contributed by atoms with E-state index in [-0.39, 0.29) is 17.7 Å². The second-order valence-corrected chi connectivity index (χ2v) is 11.6. The highest BCUT2D eigenvalue weighted by Crippen LogP contribution is 2.45. The van der Waals surface area contributed by atoms with E-state index in [1.54, 1.807) is 7.11 Å². The van der Waals surface area contributed by atoms with Gasteiger partial charge in [0.15, 0.2) is 17.3 Å². The van der Waals surface area contributed by atoms with Crippen molar-refractivity contribution in [1.29, 1.82) is 5.41 Å². The largest absolute Gasteiger partial charge is 0.494 e. The standard InChI is InChI=1S/C31H43N3O5/c1-9-38-26-17-21-22(18-27(26)39-10-2)31(6,7)34(29(21)32)19-25(35)20-15-23(30(3,4)5)28(36-8)24(16-20)33-11-13-37-14-12-33/h15-18,32H,9-14,19H2,1-8H3. The zero-order valence-electron chi connectivity index (χ0n) is 24.7. The number of amidine groups is 1. The maximum Gasteiger partial charge on any atom is 0.182 e. The summed E-state index contributed by atoms with van der Waals surface area (Å²) in [5.74, 6) is 2.34. The summed E-state index contributed by atoms with van der Waals surface area (Å²) < 4.78 is 23.2. The van der Waals surface area contributed by atoms with Gasteiger partial charge in [0.1, 0.15) is 11.6 Å². The van der Waals surface area contributed by atoms with Crippen molar-refractivity contribution >= 4 is 17.3 Å². The minimum atomic E-state index is -0.578. The fraction of sp³-hybridized carbons (Fsp3) is 0.548. The topological polar surface area (TPSA) is 84.3 Å². The minimum Gasteiger partial charge on any atom is -0.494 e. The van der Waals surface area contributed by atoms with Crippen molar-refractivity contribution in [1.82, 2.24) is 4.90 Å². The molecule has 0 radical (unpaired) electrons. The highest BCUT2D eigenvalue weighted by Gasteiger charge is 2.43. The van der Waals surface area contributed by atoms with E-state index in [2.05, 4.69) is 25.7 Å². The van der Waals surface area contributed by atoms with Gasteiger partial charge in [0, 0.05) is 29.8 Å². The van der Waals surface area contributed by atoms with E-state index in [0.717, 1.165) is 41.2 Å². The van der Waals surface area contributed by atoms with Crippen molar-refractivity contribution in [3.63, 3.8) is 0 Å². The lowest BCUT2D eigenvalue weighted by molar-refractivity contribution is 0.0920. The van der Waals surface area contributed by atoms with Crippen LogP contribution in [0, 0.1) is 5.41 Å². The molecule has 1 fully saturated rings. The van der Waals surface area contributed by atoms with Crippen molar-refractivity contribution in [3.05, 3.63) is 46.5 Å². The van der Waals surface area contributed by atoms with Crippen LogP contribution >= 0.6 is 0 Å². The fourth-order valence-corrected chi connectivity index (χ4v) is 5.47. The van der Waals surface area contributed by atoms with Crippen molar-refractivity contribution < 1.29 is 23.7 Å². The molecule has 0 spiro atoms. The number of morpholine rings is 1. The van der Waals surface area contributed by atoms with Gasteiger partial charge >= 0.3 is 0 Å². The molecule has 2 aliphatic heterocycles.